The van der Waals surface area contributed by atoms with Gasteiger partial charge in [-0.2, -0.15) is 0 Å². The molecule has 0 fully saturated rings. The third kappa shape index (κ3) is 1.16. The Balaban J connectivity index is 2.59. The molecule has 12 heavy (non-hydrogen) atoms. The molecule has 2 heteroatoms. The smallest absolute Gasteiger partial charge is 0.198 e. The number of benzene rings is 1. The summed E-state index contributed by atoms with van der Waals surface area (Å²) in [5, 5.41) is 0.277. The summed E-state index contributed by atoms with van der Waals surface area (Å²) in [6.07, 6.45) is 0.617. The largest absolute Gasteiger partial charge is 0.286 e. The summed E-state index contributed by atoms with van der Waals surface area (Å²) in [5.41, 5.74) is 3.73. The van der Waals surface area contributed by atoms with E-state index in [0.717, 1.165) is 4.90 Å². The van der Waals surface area contributed by atoms with Crippen LogP contribution in [0, 0.1) is 13.8 Å². The van der Waals surface area contributed by atoms with Crippen LogP contribution in [0.2, 0.25) is 0 Å². The van der Waals surface area contributed by atoms with Crippen LogP contribution in [0.5, 0.6) is 0 Å². The topological polar surface area (TPSA) is 17.1 Å². The maximum absolute atomic E-state index is 11.1. The Bertz CT molecular complexity index is 355. The number of carbonyl (C=O) groups excluding carboxylic acids is 1. The first-order valence-corrected chi connectivity index (χ1v) is 4.79. The standard InChI is InChI=1S/C10H10OS/c1-6-3-7(2)8-5-10(11)12-9(8)4-6/h3-4H,5H2,1-2H3. The van der Waals surface area contributed by atoms with E-state index in [0.29, 0.717) is 6.42 Å². The van der Waals surface area contributed by atoms with Gasteiger partial charge in [-0.25, -0.2) is 0 Å². The van der Waals surface area contributed by atoms with E-state index in [-0.39, 0.29) is 5.12 Å². The van der Waals surface area contributed by atoms with Crippen LogP contribution in [-0.4, -0.2) is 5.12 Å². The number of aryl methyl sites for hydroxylation is 2. The van der Waals surface area contributed by atoms with Crippen LogP contribution in [0.15, 0.2) is 17.0 Å². The molecule has 0 bridgehead atoms. The number of fused-ring (bicyclic) bond motifs is 1. The summed E-state index contributed by atoms with van der Waals surface area (Å²) in [6, 6.07) is 4.23. The van der Waals surface area contributed by atoms with Crippen molar-refractivity contribution in [2.75, 3.05) is 0 Å². The van der Waals surface area contributed by atoms with Crippen molar-refractivity contribution in [3.05, 3.63) is 28.8 Å². The molecule has 62 valence electrons. The molecule has 0 saturated heterocycles. The molecule has 0 N–H and O–H groups in total. The molecule has 0 radical (unpaired) electrons. The highest BCUT2D eigenvalue weighted by molar-refractivity contribution is 8.14. The Morgan fingerprint density at radius 1 is 1.33 bits per heavy atom. The van der Waals surface area contributed by atoms with Crippen molar-refractivity contribution in [2.45, 2.75) is 25.2 Å². The number of rotatable bonds is 0. The van der Waals surface area contributed by atoms with Gasteiger partial charge in [-0.3, -0.25) is 4.79 Å². The first-order valence-electron chi connectivity index (χ1n) is 3.97. The first-order chi connectivity index (χ1) is 5.66. The second-order valence-corrected chi connectivity index (χ2v) is 4.31. The van der Waals surface area contributed by atoms with E-state index in [2.05, 4.69) is 26.0 Å². The average molecular weight is 178 g/mol. The Kier molecular flexibility index (Phi) is 1.72. The minimum absolute atomic E-state index is 0.277. The molecule has 0 unspecified atom stereocenters. The van der Waals surface area contributed by atoms with Gasteiger partial charge in [0, 0.05) is 11.3 Å². The van der Waals surface area contributed by atoms with Gasteiger partial charge in [0.1, 0.15) is 0 Å². The average Bonchev–Trinajstić information content (AvgIpc) is 2.29. The Labute approximate surface area is 76.2 Å². The predicted molar refractivity (Wildman–Crippen MR) is 50.5 cm³/mol. The third-order valence-corrected chi connectivity index (χ3v) is 3.08. The molecule has 1 aromatic rings. The van der Waals surface area contributed by atoms with Crippen molar-refractivity contribution >= 4 is 16.9 Å². The van der Waals surface area contributed by atoms with Crippen molar-refractivity contribution in [1.29, 1.82) is 0 Å². The SMILES string of the molecule is Cc1cc(C)c2c(c1)SC(=O)C2. The number of carbonyl (C=O) groups is 1. The van der Waals surface area contributed by atoms with Crippen LogP contribution in [0.3, 0.4) is 0 Å². The maximum atomic E-state index is 11.1. The molecular formula is C10H10OS. The minimum atomic E-state index is 0.277. The molecule has 1 nitrogen and oxygen atoms in total. The Morgan fingerprint density at radius 2 is 2.08 bits per heavy atom. The molecule has 1 aliphatic heterocycles. The van der Waals surface area contributed by atoms with Gasteiger partial charge in [-0.15, -0.1) is 0 Å². The second-order valence-electron chi connectivity index (χ2n) is 3.21. The van der Waals surface area contributed by atoms with E-state index >= 15 is 0 Å². The van der Waals surface area contributed by atoms with Gasteiger partial charge < -0.3 is 0 Å². The monoisotopic (exact) mass is 178 g/mol. The number of hydrogen-bond donors (Lipinski definition) is 0. The maximum Gasteiger partial charge on any atom is 0.198 e. The fourth-order valence-corrected chi connectivity index (χ4v) is 2.64. The lowest BCUT2D eigenvalue weighted by atomic mass is 10.0. The van der Waals surface area contributed by atoms with Gasteiger partial charge in [0.25, 0.3) is 0 Å². The number of hydrogen-bond acceptors (Lipinski definition) is 2. The van der Waals surface area contributed by atoms with E-state index in [1.807, 2.05) is 0 Å². The van der Waals surface area contributed by atoms with Crippen LogP contribution in [0.25, 0.3) is 0 Å². The molecule has 0 amide bonds. The molecular weight excluding hydrogens is 168 g/mol. The van der Waals surface area contributed by atoms with E-state index in [4.69, 9.17) is 0 Å². The highest BCUT2D eigenvalue weighted by Gasteiger charge is 2.20. The summed E-state index contributed by atoms with van der Waals surface area (Å²) in [5.74, 6) is 0. The fraction of sp³-hybridized carbons (Fsp3) is 0.300. The van der Waals surface area contributed by atoms with Crippen molar-refractivity contribution in [1.82, 2.24) is 0 Å². The van der Waals surface area contributed by atoms with E-state index in [9.17, 15) is 4.79 Å². The lowest BCUT2D eigenvalue weighted by Crippen LogP contribution is -1.90. The molecule has 2 rings (SSSR count). The van der Waals surface area contributed by atoms with Crippen LogP contribution < -0.4 is 0 Å². The molecule has 0 saturated carbocycles. The van der Waals surface area contributed by atoms with Crippen LogP contribution >= 0.6 is 11.8 Å². The molecule has 0 aliphatic carbocycles. The van der Waals surface area contributed by atoms with Gasteiger partial charge in [-0.05, 0) is 36.6 Å². The number of thioether (sulfide) groups is 1. The van der Waals surface area contributed by atoms with Gasteiger partial charge in [0.2, 0.25) is 0 Å². The highest BCUT2D eigenvalue weighted by Crippen LogP contribution is 2.35. The molecule has 1 heterocycles. The van der Waals surface area contributed by atoms with E-state index in [1.54, 1.807) is 0 Å². The summed E-state index contributed by atoms with van der Waals surface area (Å²) in [7, 11) is 0. The summed E-state index contributed by atoms with van der Waals surface area (Å²) in [6.45, 7) is 4.14. The predicted octanol–water partition coefficient (Wildman–Crippen LogP) is 2.48. The fourth-order valence-electron chi connectivity index (χ4n) is 1.58. The Morgan fingerprint density at radius 3 is 2.83 bits per heavy atom. The van der Waals surface area contributed by atoms with Gasteiger partial charge in [0.15, 0.2) is 5.12 Å². The van der Waals surface area contributed by atoms with Gasteiger partial charge in [0.05, 0.1) is 0 Å². The van der Waals surface area contributed by atoms with Crippen LogP contribution in [-0.2, 0) is 11.2 Å². The molecule has 0 aromatic heterocycles. The van der Waals surface area contributed by atoms with Gasteiger partial charge >= 0.3 is 0 Å². The van der Waals surface area contributed by atoms with Crippen molar-refractivity contribution in [3.8, 4) is 0 Å². The van der Waals surface area contributed by atoms with Crippen LogP contribution in [0.1, 0.15) is 16.7 Å². The van der Waals surface area contributed by atoms with E-state index < -0.39 is 0 Å². The third-order valence-electron chi connectivity index (χ3n) is 2.12. The Hall–Kier alpha value is -0.760. The highest BCUT2D eigenvalue weighted by atomic mass is 32.2. The van der Waals surface area contributed by atoms with Gasteiger partial charge in [-0.1, -0.05) is 17.8 Å². The molecule has 1 aromatic carbocycles. The zero-order valence-electron chi connectivity index (χ0n) is 7.18. The van der Waals surface area contributed by atoms with Crippen LogP contribution in [0.4, 0.5) is 0 Å². The normalized spacial score (nSPS) is 15.0. The van der Waals surface area contributed by atoms with Crippen molar-refractivity contribution in [3.63, 3.8) is 0 Å². The molecule has 0 spiro atoms. The summed E-state index contributed by atoms with van der Waals surface area (Å²) >= 11 is 1.38. The van der Waals surface area contributed by atoms with E-state index in [1.165, 1.54) is 28.5 Å². The first kappa shape index (κ1) is 7.87. The molecule has 0 atom stereocenters. The quantitative estimate of drug-likeness (QED) is 0.607. The summed E-state index contributed by atoms with van der Waals surface area (Å²) in [4.78, 5) is 12.3. The lowest BCUT2D eigenvalue weighted by Gasteiger charge is -2.02. The molecule has 1 aliphatic rings. The lowest BCUT2D eigenvalue weighted by molar-refractivity contribution is -0.110. The summed E-state index contributed by atoms with van der Waals surface area (Å²) < 4.78 is 0. The minimum Gasteiger partial charge on any atom is -0.286 e. The van der Waals surface area contributed by atoms with Crippen molar-refractivity contribution in [2.24, 2.45) is 0 Å². The zero-order valence-corrected chi connectivity index (χ0v) is 7.99. The second kappa shape index (κ2) is 2.63. The van der Waals surface area contributed by atoms with Crippen molar-refractivity contribution < 1.29 is 4.79 Å². The zero-order chi connectivity index (χ0) is 8.72.